The van der Waals surface area contributed by atoms with Gasteiger partial charge in [0.1, 0.15) is 0 Å². The van der Waals surface area contributed by atoms with Crippen LogP contribution in [0, 0.1) is 4.91 Å². The Labute approximate surface area is 74.3 Å². The average Bonchev–Trinajstić information content (AvgIpc) is 2.41. The Morgan fingerprint density at radius 1 is 1.00 bits per heavy atom. The molecule has 0 unspecified atom stereocenters. The summed E-state index contributed by atoms with van der Waals surface area (Å²) in [6.07, 6.45) is 3.02. The Bertz CT molecular complexity index is 304. The van der Waals surface area contributed by atoms with Crippen molar-refractivity contribution in [1.29, 1.82) is 0 Å². The van der Waals surface area contributed by atoms with Gasteiger partial charge in [-0.2, -0.15) is 0 Å². The first-order chi connectivity index (χ1) is 6.25. The number of rotatable bonds is 1. The second-order valence-electron chi connectivity index (χ2n) is 3.17. The molecule has 0 spiro atoms. The van der Waals surface area contributed by atoms with E-state index in [2.05, 4.69) is 5.29 Å². The minimum Gasteiger partial charge on any atom is -0.267 e. The van der Waals surface area contributed by atoms with Crippen LogP contribution in [-0.4, -0.2) is 16.8 Å². The van der Waals surface area contributed by atoms with Gasteiger partial charge >= 0.3 is 0 Å². The molecule has 5 heteroatoms. The molecular formula is C8H8N2O3. The number of nitrogens with zero attached hydrogens (tertiary/aromatic N) is 2. The minimum atomic E-state index is -0.519. The first kappa shape index (κ1) is 8.10. The summed E-state index contributed by atoms with van der Waals surface area (Å²) in [5, 5.41) is 2.84. The number of carbonyl (C=O) groups excluding carboxylic acids is 2. The van der Waals surface area contributed by atoms with Crippen LogP contribution in [0.1, 0.15) is 25.7 Å². The topological polar surface area (TPSA) is 66.8 Å². The third-order valence-electron chi connectivity index (χ3n) is 2.45. The van der Waals surface area contributed by atoms with Crippen molar-refractivity contribution in [3.8, 4) is 0 Å². The maximum absolute atomic E-state index is 11.3. The largest absolute Gasteiger partial charge is 0.280 e. The molecule has 0 bridgehead atoms. The summed E-state index contributed by atoms with van der Waals surface area (Å²) in [4.78, 5) is 32.8. The van der Waals surface area contributed by atoms with Crippen LogP contribution in [0.2, 0.25) is 0 Å². The standard InChI is InChI=1S/C8H8N2O3/c11-7-5-3-1-2-4-6(5)8(12)10(7)9-13/h1-4H2. The first-order valence-corrected chi connectivity index (χ1v) is 4.20. The Hall–Kier alpha value is -1.52. The molecule has 2 aliphatic rings. The summed E-state index contributed by atoms with van der Waals surface area (Å²) >= 11 is 0. The third-order valence-corrected chi connectivity index (χ3v) is 2.45. The average molecular weight is 180 g/mol. The van der Waals surface area contributed by atoms with Crippen LogP contribution >= 0.6 is 0 Å². The highest BCUT2D eigenvalue weighted by molar-refractivity contribution is 6.19. The minimum absolute atomic E-state index is 0.427. The SMILES string of the molecule is O=NN1C(=O)C2=C(CCCC2)C1=O. The van der Waals surface area contributed by atoms with Crippen LogP contribution in [0.15, 0.2) is 16.4 Å². The summed E-state index contributed by atoms with van der Waals surface area (Å²) in [7, 11) is 0. The molecule has 2 rings (SSSR count). The zero-order chi connectivity index (χ0) is 9.42. The predicted octanol–water partition coefficient (Wildman–Crippen LogP) is 0.907. The highest BCUT2D eigenvalue weighted by Crippen LogP contribution is 2.32. The lowest BCUT2D eigenvalue weighted by Crippen LogP contribution is -2.25. The summed E-state index contributed by atoms with van der Waals surface area (Å²) in [6, 6.07) is 0. The lowest BCUT2D eigenvalue weighted by molar-refractivity contribution is -0.137. The van der Waals surface area contributed by atoms with Crippen molar-refractivity contribution in [2.75, 3.05) is 0 Å². The van der Waals surface area contributed by atoms with Crippen LogP contribution in [0.5, 0.6) is 0 Å². The van der Waals surface area contributed by atoms with Crippen LogP contribution in [0.25, 0.3) is 0 Å². The Morgan fingerprint density at radius 3 is 1.85 bits per heavy atom. The normalized spacial score (nSPS) is 22.3. The van der Waals surface area contributed by atoms with E-state index in [0.717, 1.165) is 12.8 Å². The fourth-order valence-electron chi connectivity index (χ4n) is 1.80. The molecule has 0 saturated carbocycles. The number of carbonyl (C=O) groups is 2. The van der Waals surface area contributed by atoms with Crippen molar-refractivity contribution in [3.63, 3.8) is 0 Å². The van der Waals surface area contributed by atoms with E-state index in [1.165, 1.54) is 0 Å². The Kier molecular flexibility index (Phi) is 1.72. The summed E-state index contributed by atoms with van der Waals surface area (Å²) < 4.78 is 0. The molecule has 2 amide bonds. The predicted molar refractivity (Wildman–Crippen MR) is 43.1 cm³/mol. The quantitative estimate of drug-likeness (QED) is 0.445. The fourth-order valence-corrected chi connectivity index (χ4v) is 1.80. The Morgan fingerprint density at radius 2 is 1.46 bits per heavy atom. The van der Waals surface area contributed by atoms with Crippen molar-refractivity contribution in [2.24, 2.45) is 5.29 Å². The molecule has 0 fully saturated rings. The highest BCUT2D eigenvalue weighted by atomic mass is 16.3. The molecule has 0 aromatic rings. The number of imide groups is 1. The van der Waals surface area contributed by atoms with E-state index in [4.69, 9.17) is 0 Å². The molecule has 0 aromatic heterocycles. The summed E-state index contributed by atoms with van der Waals surface area (Å²) in [5.41, 5.74) is 0.992. The smallest absolute Gasteiger partial charge is 0.267 e. The van der Waals surface area contributed by atoms with Gasteiger partial charge in [0.2, 0.25) is 0 Å². The van der Waals surface area contributed by atoms with Crippen molar-refractivity contribution in [3.05, 3.63) is 16.1 Å². The summed E-state index contributed by atoms with van der Waals surface area (Å²) in [6.45, 7) is 0. The molecule has 0 atom stereocenters. The highest BCUT2D eigenvalue weighted by Gasteiger charge is 2.39. The molecule has 1 heterocycles. The number of hydrogen-bond acceptors (Lipinski definition) is 4. The van der Waals surface area contributed by atoms with Gasteiger partial charge in [0.15, 0.2) is 0 Å². The van der Waals surface area contributed by atoms with Gasteiger partial charge in [-0.3, -0.25) is 9.59 Å². The molecule has 0 N–H and O–H groups in total. The number of hydrogen-bond donors (Lipinski definition) is 0. The van der Waals surface area contributed by atoms with Gasteiger partial charge in [-0.05, 0) is 25.7 Å². The van der Waals surface area contributed by atoms with E-state index in [1.54, 1.807) is 0 Å². The van der Waals surface area contributed by atoms with Crippen molar-refractivity contribution >= 4 is 11.8 Å². The van der Waals surface area contributed by atoms with E-state index >= 15 is 0 Å². The first-order valence-electron chi connectivity index (χ1n) is 4.20. The van der Waals surface area contributed by atoms with Crippen molar-refractivity contribution in [1.82, 2.24) is 5.01 Å². The van der Waals surface area contributed by atoms with E-state index in [0.29, 0.717) is 29.0 Å². The van der Waals surface area contributed by atoms with Crippen molar-refractivity contribution in [2.45, 2.75) is 25.7 Å². The van der Waals surface area contributed by atoms with Gasteiger partial charge in [0.25, 0.3) is 11.8 Å². The third kappa shape index (κ3) is 0.998. The van der Waals surface area contributed by atoms with Gasteiger partial charge in [-0.25, -0.2) is 0 Å². The van der Waals surface area contributed by atoms with Gasteiger partial charge in [0, 0.05) is 11.1 Å². The second kappa shape index (κ2) is 2.76. The maximum Gasteiger partial charge on any atom is 0.280 e. The number of nitroso groups, excluding NO2 is 1. The van der Waals surface area contributed by atoms with E-state index < -0.39 is 11.8 Å². The monoisotopic (exact) mass is 180 g/mol. The fraction of sp³-hybridized carbons (Fsp3) is 0.500. The second-order valence-corrected chi connectivity index (χ2v) is 3.17. The van der Waals surface area contributed by atoms with Gasteiger partial charge in [0.05, 0.1) is 5.29 Å². The van der Waals surface area contributed by atoms with E-state index in [9.17, 15) is 14.5 Å². The summed E-state index contributed by atoms with van der Waals surface area (Å²) in [5.74, 6) is -1.04. The molecule has 1 aliphatic heterocycles. The number of amides is 2. The van der Waals surface area contributed by atoms with E-state index in [1.807, 2.05) is 0 Å². The molecule has 5 nitrogen and oxygen atoms in total. The van der Waals surface area contributed by atoms with Crippen LogP contribution in [-0.2, 0) is 9.59 Å². The maximum atomic E-state index is 11.3. The molecular weight excluding hydrogens is 172 g/mol. The van der Waals surface area contributed by atoms with Crippen LogP contribution in [0.4, 0.5) is 0 Å². The lowest BCUT2D eigenvalue weighted by Gasteiger charge is -2.08. The van der Waals surface area contributed by atoms with Crippen LogP contribution < -0.4 is 0 Å². The molecule has 68 valence electrons. The molecule has 1 aliphatic carbocycles. The van der Waals surface area contributed by atoms with Crippen LogP contribution in [0.3, 0.4) is 0 Å². The zero-order valence-corrected chi connectivity index (χ0v) is 6.95. The molecule has 0 aromatic carbocycles. The van der Waals surface area contributed by atoms with E-state index in [-0.39, 0.29) is 0 Å². The molecule has 0 radical (unpaired) electrons. The Balaban J connectivity index is 2.40. The van der Waals surface area contributed by atoms with Gasteiger partial charge < -0.3 is 0 Å². The van der Waals surface area contributed by atoms with Crippen molar-refractivity contribution < 1.29 is 9.59 Å². The lowest BCUT2D eigenvalue weighted by atomic mass is 9.93. The molecule has 0 saturated heterocycles. The van der Waals surface area contributed by atoms with Gasteiger partial charge in [-0.1, -0.05) is 0 Å². The van der Waals surface area contributed by atoms with Gasteiger partial charge in [-0.15, -0.1) is 9.92 Å². The zero-order valence-electron chi connectivity index (χ0n) is 6.95. The molecule has 13 heavy (non-hydrogen) atoms.